The standard InChI is InChI=1S/C19H17FN4S/c1-3-24-16-7-5-4-6-15(16)17-18(24)21-19(23-22-17)25-12(2)13-8-10-14(20)11-9-13/h4-12H,3H2,1-2H3. The molecule has 2 aromatic carbocycles. The van der Waals surface area contributed by atoms with E-state index in [0.717, 1.165) is 34.2 Å². The van der Waals surface area contributed by atoms with Crippen molar-refractivity contribution >= 4 is 33.8 Å². The highest BCUT2D eigenvalue weighted by Gasteiger charge is 2.16. The third kappa shape index (κ3) is 2.87. The number of aromatic nitrogens is 4. The van der Waals surface area contributed by atoms with Gasteiger partial charge in [0.05, 0.1) is 5.52 Å². The first kappa shape index (κ1) is 16.0. The normalized spacial score (nSPS) is 12.8. The summed E-state index contributed by atoms with van der Waals surface area (Å²) < 4.78 is 15.3. The minimum absolute atomic E-state index is 0.110. The van der Waals surface area contributed by atoms with Gasteiger partial charge >= 0.3 is 0 Å². The Morgan fingerprint density at radius 3 is 2.60 bits per heavy atom. The van der Waals surface area contributed by atoms with Crippen LogP contribution in [0.3, 0.4) is 0 Å². The lowest BCUT2D eigenvalue weighted by Crippen LogP contribution is -1.99. The number of nitrogens with zero attached hydrogens (tertiary/aromatic N) is 4. The minimum Gasteiger partial charge on any atom is -0.324 e. The van der Waals surface area contributed by atoms with Crippen molar-refractivity contribution in [1.82, 2.24) is 19.7 Å². The van der Waals surface area contributed by atoms with Crippen molar-refractivity contribution in [3.63, 3.8) is 0 Å². The van der Waals surface area contributed by atoms with Gasteiger partial charge in [-0.05, 0) is 37.6 Å². The lowest BCUT2D eigenvalue weighted by atomic mass is 10.2. The van der Waals surface area contributed by atoms with Gasteiger partial charge in [-0.2, -0.15) is 0 Å². The summed E-state index contributed by atoms with van der Waals surface area (Å²) in [5, 5.41) is 10.5. The highest BCUT2D eigenvalue weighted by molar-refractivity contribution is 7.99. The third-order valence-electron chi connectivity index (χ3n) is 4.29. The SMILES string of the molecule is CCn1c2ccccc2c2nnc(SC(C)c3ccc(F)cc3)nc21. The molecule has 0 aliphatic heterocycles. The van der Waals surface area contributed by atoms with Crippen LogP contribution in [0.4, 0.5) is 4.39 Å². The molecular weight excluding hydrogens is 335 g/mol. The van der Waals surface area contributed by atoms with E-state index in [1.54, 1.807) is 12.1 Å². The maximum absolute atomic E-state index is 13.1. The summed E-state index contributed by atoms with van der Waals surface area (Å²) in [6.45, 7) is 4.98. The molecule has 0 radical (unpaired) electrons. The molecule has 2 aromatic heterocycles. The summed E-state index contributed by atoms with van der Waals surface area (Å²) in [6, 6.07) is 14.7. The monoisotopic (exact) mass is 352 g/mol. The van der Waals surface area contributed by atoms with Crippen molar-refractivity contribution in [2.24, 2.45) is 0 Å². The second-order valence-electron chi connectivity index (χ2n) is 5.84. The number of para-hydroxylation sites is 1. The summed E-state index contributed by atoms with van der Waals surface area (Å²) in [5.41, 5.74) is 3.84. The average molecular weight is 352 g/mol. The largest absolute Gasteiger partial charge is 0.324 e. The molecular formula is C19H17FN4S. The van der Waals surface area contributed by atoms with E-state index in [9.17, 15) is 4.39 Å². The van der Waals surface area contributed by atoms with Crippen molar-refractivity contribution in [3.05, 3.63) is 59.9 Å². The first-order chi connectivity index (χ1) is 12.2. The van der Waals surface area contributed by atoms with E-state index in [0.29, 0.717) is 5.16 Å². The molecule has 0 fully saturated rings. The summed E-state index contributed by atoms with van der Waals surface area (Å²) in [7, 11) is 0. The van der Waals surface area contributed by atoms with Crippen LogP contribution < -0.4 is 0 Å². The van der Waals surface area contributed by atoms with E-state index in [2.05, 4.69) is 34.7 Å². The molecule has 0 N–H and O–H groups in total. The van der Waals surface area contributed by atoms with Gasteiger partial charge in [0.2, 0.25) is 5.16 Å². The van der Waals surface area contributed by atoms with Crippen molar-refractivity contribution < 1.29 is 4.39 Å². The van der Waals surface area contributed by atoms with Gasteiger partial charge < -0.3 is 4.57 Å². The van der Waals surface area contributed by atoms with Crippen molar-refractivity contribution in [1.29, 1.82) is 0 Å². The zero-order chi connectivity index (χ0) is 17.4. The van der Waals surface area contributed by atoms with Crippen LogP contribution in [0.15, 0.2) is 53.7 Å². The molecule has 6 heteroatoms. The summed E-state index contributed by atoms with van der Waals surface area (Å²) >= 11 is 1.53. The fraction of sp³-hybridized carbons (Fsp3) is 0.211. The first-order valence-corrected chi connectivity index (χ1v) is 9.09. The Balaban J connectivity index is 1.73. The zero-order valence-corrected chi connectivity index (χ0v) is 14.8. The molecule has 0 aliphatic rings. The van der Waals surface area contributed by atoms with Gasteiger partial charge in [-0.1, -0.05) is 42.1 Å². The Kier molecular flexibility index (Phi) is 4.13. The second kappa shape index (κ2) is 6.44. The van der Waals surface area contributed by atoms with Gasteiger partial charge in [-0.15, -0.1) is 10.2 Å². The number of thioether (sulfide) groups is 1. The van der Waals surface area contributed by atoms with Crippen molar-refractivity contribution in [3.8, 4) is 0 Å². The van der Waals surface area contributed by atoms with E-state index < -0.39 is 0 Å². The van der Waals surface area contributed by atoms with Gasteiger partial charge in [0, 0.05) is 17.2 Å². The molecule has 126 valence electrons. The zero-order valence-electron chi connectivity index (χ0n) is 14.0. The van der Waals surface area contributed by atoms with E-state index in [-0.39, 0.29) is 11.1 Å². The van der Waals surface area contributed by atoms with E-state index in [4.69, 9.17) is 4.98 Å². The average Bonchev–Trinajstić information content (AvgIpc) is 2.95. The van der Waals surface area contributed by atoms with Gasteiger partial charge in [0.15, 0.2) is 5.65 Å². The first-order valence-electron chi connectivity index (χ1n) is 8.21. The molecule has 0 saturated heterocycles. The van der Waals surface area contributed by atoms with Crippen LogP contribution in [0.25, 0.3) is 22.1 Å². The van der Waals surface area contributed by atoms with E-state index >= 15 is 0 Å². The minimum atomic E-state index is -0.229. The number of fused-ring (bicyclic) bond motifs is 3. The van der Waals surface area contributed by atoms with Gasteiger partial charge in [-0.3, -0.25) is 0 Å². The number of hydrogen-bond acceptors (Lipinski definition) is 4. The van der Waals surface area contributed by atoms with E-state index in [1.165, 1.54) is 23.9 Å². The molecule has 4 rings (SSSR count). The predicted octanol–water partition coefficient (Wildman–Crippen LogP) is 4.99. The lowest BCUT2D eigenvalue weighted by molar-refractivity contribution is 0.627. The number of benzene rings is 2. The fourth-order valence-corrected chi connectivity index (χ4v) is 3.86. The molecule has 0 aliphatic carbocycles. The second-order valence-corrected chi connectivity index (χ2v) is 7.15. The van der Waals surface area contributed by atoms with E-state index in [1.807, 2.05) is 18.2 Å². The van der Waals surface area contributed by atoms with Gasteiger partial charge in [-0.25, -0.2) is 9.37 Å². The Morgan fingerprint density at radius 2 is 1.84 bits per heavy atom. The number of rotatable bonds is 4. The molecule has 1 unspecified atom stereocenters. The van der Waals surface area contributed by atoms with Gasteiger partial charge in [0.25, 0.3) is 0 Å². The van der Waals surface area contributed by atoms with Crippen LogP contribution in [0.5, 0.6) is 0 Å². The Bertz CT molecular complexity index is 1040. The molecule has 25 heavy (non-hydrogen) atoms. The van der Waals surface area contributed by atoms with Crippen LogP contribution in [0, 0.1) is 5.82 Å². The molecule has 4 aromatic rings. The van der Waals surface area contributed by atoms with Crippen molar-refractivity contribution in [2.75, 3.05) is 0 Å². The van der Waals surface area contributed by atoms with Crippen LogP contribution in [-0.4, -0.2) is 19.7 Å². The highest BCUT2D eigenvalue weighted by Crippen LogP contribution is 2.34. The molecule has 0 saturated carbocycles. The molecule has 2 heterocycles. The van der Waals surface area contributed by atoms with Crippen LogP contribution >= 0.6 is 11.8 Å². The Labute approximate surface area is 149 Å². The maximum Gasteiger partial charge on any atom is 0.211 e. The quantitative estimate of drug-likeness (QED) is 0.485. The molecule has 0 amide bonds. The summed E-state index contributed by atoms with van der Waals surface area (Å²) in [5.74, 6) is -0.229. The highest BCUT2D eigenvalue weighted by atomic mass is 32.2. The lowest BCUT2D eigenvalue weighted by Gasteiger charge is -2.10. The van der Waals surface area contributed by atoms with Crippen LogP contribution in [-0.2, 0) is 6.54 Å². The van der Waals surface area contributed by atoms with Crippen LogP contribution in [0.1, 0.15) is 24.7 Å². The predicted molar refractivity (Wildman–Crippen MR) is 99.2 cm³/mol. The molecule has 0 spiro atoms. The summed E-state index contributed by atoms with van der Waals surface area (Å²) in [6.07, 6.45) is 0. The number of aryl methyl sites for hydroxylation is 1. The Morgan fingerprint density at radius 1 is 1.08 bits per heavy atom. The van der Waals surface area contributed by atoms with Crippen LogP contribution in [0.2, 0.25) is 0 Å². The Hall–Kier alpha value is -2.47. The third-order valence-corrected chi connectivity index (χ3v) is 5.30. The molecule has 4 nitrogen and oxygen atoms in total. The maximum atomic E-state index is 13.1. The number of halogens is 1. The smallest absolute Gasteiger partial charge is 0.211 e. The molecule has 0 bridgehead atoms. The summed E-state index contributed by atoms with van der Waals surface area (Å²) in [4.78, 5) is 4.74. The van der Waals surface area contributed by atoms with Crippen molar-refractivity contribution in [2.45, 2.75) is 30.8 Å². The molecule has 1 atom stereocenters. The fourth-order valence-electron chi connectivity index (χ4n) is 3.02. The van der Waals surface area contributed by atoms with Gasteiger partial charge in [0.1, 0.15) is 11.3 Å². The number of hydrogen-bond donors (Lipinski definition) is 0. The topological polar surface area (TPSA) is 43.6 Å².